The van der Waals surface area contributed by atoms with Crippen LogP contribution in [0.3, 0.4) is 0 Å². The lowest BCUT2D eigenvalue weighted by molar-refractivity contribution is 0.0384. The molecule has 0 radical (unpaired) electrons. The largest absolute Gasteiger partial charge is 0.508 e. The van der Waals surface area contributed by atoms with Gasteiger partial charge in [0.1, 0.15) is 5.75 Å². The third-order valence-corrected chi connectivity index (χ3v) is 6.78. The van der Waals surface area contributed by atoms with Gasteiger partial charge >= 0.3 is 0 Å². The highest BCUT2D eigenvalue weighted by molar-refractivity contribution is 5.94. The van der Waals surface area contributed by atoms with Crippen LogP contribution in [0.2, 0.25) is 0 Å². The monoisotopic (exact) mass is 407 g/mol. The van der Waals surface area contributed by atoms with E-state index < -0.39 is 0 Å². The van der Waals surface area contributed by atoms with Gasteiger partial charge in [0.15, 0.2) is 0 Å². The van der Waals surface area contributed by atoms with E-state index in [0.29, 0.717) is 17.8 Å². The van der Waals surface area contributed by atoms with E-state index in [9.17, 15) is 9.90 Å². The molecule has 30 heavy (non-hydrogen) atoms. The number of nitrogens with zero attached hydrogens (tertiary/aromatic N) is 3. The molecule has 160 valence electrons. The van der Waals surface area contributed by atoms with Crippen LogP contribution in [-0.2, 0) is 0 Å². The highest BCUT2D eigenvalue weighted by Gasteiger charge is 2.34. The molecular formula is C25H33N3O2. The fourth-order valence-corrected chi connectivity index (χ4v) is 4.87. The molecule has 0 aromatic heterocycles. The summed E-state index contributed by atoms with van der Waals surface area (Å²) in [5, 5.41) is 10.7. The molecular weight excluding hydrogens is 374 g/mol. The quantitative estimate of drug-likeness (QED) is 0.839. The molecule has 0 bridgehead atoms. The van der Waals surface area contributed by atoms with Crippen molar-refractivity contribution in [2.45, 2.75) is 44.8 Å². The number of benzene rings is 2. The lowest BCUT2D eigenvalue weighted by Crippen LogP contribution is -2.55. The Morgan fingerprint density at radius 1 is 0.967 bits per heavy atom. The molecule has 0 unspecified atom stereocenters. The molecule has 0 saturated carbocycles. The Morgan fingerprint density at radius 2 is 1.63 bits per heavy atom. The number of phenols is 1. The van der Waals surface area contributed by atoms with Crippen LogP contribution in [0, 0.1) is 0 Å². The molecule has 5 heteroatoms. The standard InChI is InChI=1S/C25H33N3O2/c1-18-17-28(19(2)16-26(18)3)24(22-8-4-5-9-23(22)29)20-10-12-21(13-11-20)25(30)27-14-6-7-15-27/h4-5,8-13,18-19,24,29H,6-7,14-17H2,1-3H3/t18-,19-,24-/m0/s1. The first-order chi connectivity index (χ1) is 14.5. The van der Waals surface area contributed by atoms with Gasteiger partial charge in [-0.25, -0.2) is 0 Å². The molecule has 2 aliphatic rings. The van der Waals surface area contributed by atoms with Gasteiger partial charge in [0.2, 0.25) is 0 Å². The molecule has 5 nitrogen and oxygen atoms in total. The van der Waals surface area contributed by atoms with E-state index in [-0.39, 0.29) is 11.9 Å². The fourth-order valence-electron chi connectivity index (χ4n) is 4.87. The van der Waals surface area contributed by atoms with Crippen LogP contribution >= 0.6 is 0 Å². The number of amides is 1. The minimum absolute atomic E-state index is 0.0479. The van der Waals surface area contributed by atoms with Crippen molar-refractivity contribution in [2.24, 2.45) is 0 Å². The summed E-state index contributed by atoms with van der Waals surface area (Å²) < 4.78 is 0. The predicted molar refractivity (Wildman–Crippen MR) is 120 cm³/mol. The Balaban J connectivity index is 1.67. The lowest BCUT2D eigenvalue weighted by Gasteiger charge is -2.46. The Kier molecular flexibility index (Phi) is 6.11. The Morgan fingerprint density at radius 3 is 2.30 bits per heavy atom. The van der Waals surface area contributed by atoms with Crippen molar-refractivity contribution in [1.29, 1.82) is 0 Å². The van der Waals surface area contributed by atoms with E-state index in [2.05, 4.69) is 42.8 Å². The number of piperazine rings is 1. The van der Waals surface area contributed by atoms with Crippen LogP contribution in [0.15, 0.2) is 48.5 Å². The topological polar surface area (TPSA) is 47.0 Å². The maximum Gasteiger partial charge on any atom is 0.253 e. The van der Waals surface area contributed by atoms with Crippen molar-refractivity contribution in [1.82, 2.24) is 14.7 Å². The molecule has 0 aliphatic carbocycles. The molecule has 2 heterocycles. The summed E-state index contributed by atoms with van der Waals surface area (Å²) in [7, 11) is 2.17. The fraction of sp³-hybridized carbons (Fsp3) is 0.480. The Labute approximate surface area is 179 Å². The highest BCUT2D eigenvalue weighted by atomic mass is 16.3. The summed E-state index contributed by atoms with van der Waals surface area (Å²) in [6.07, 6.45) is 2.19. The van der Waals surface area contributed by atoms with E-state index in [1.807, 2.05) is 35.2 Å². The number of aromatic hydroxyl groups is 1. The molecule has 2 aromatic carbocycles. The van der Waals surface area contributed by atoms with Crippen molar-refractivity contribution in [3.05, 3.63) is 65.2 Å². The van der Waals surface area contributed by atoms with Crippen molar-refractivity contribution in [3.63, 3.8) is 0 Å². The summed E-state index contributed by atoms with van der Waals surface area (Å²) in [5.74, 6) is 0.443. The third kappa shape index (κ3) is 4.09. The zero-order valence-electron chi connectivity index (χ0n) is 18.3. The van der Waals surface area contributed by atoms with Crippen LogP contribution in [0.5, 0.6) is 5.75 Å². The lowest BCUT2D eigenvalue weighted by atomic mass is 9.92. The maximum absolute atomic E-state index is 12.8. The normalized spacial score (nSPS) is 24.2. The van der Waals surface area contributed by atoms with E-state index in [1.165, 1.54) is 0 Å². The van der Waals surface area contributed by atoms with Gasteiger partial charge in [0.25, 0.3) is 5.91 Å². The Bertz CT molecular complexity index is 876. The van der Waals surface area contributed by atoms with Gasteiger partial charge in [-0.05, 0) is 57.5 Å². The van der Waals surface area contributed by atoms with Crippen LogP contribution in [0.25, 0.3) is 0 Å². The zero-order chi connectivity index (χ0) is 21.3. The molecule has 0 spiro atoms. The van der Waals surface area contributed by atoms with E-state index >= 15 is 0 Å². The first-order valence-corrected chi connectivity index (χ1v) is 11.1. The van der Waals surface area contributed by atoms with Gasteiger partial charge in [0, 0.05) is 49.4 Å². The summed E-state index contributed by atoms with van der Waals surface area (Å²) >= 11 is 0. The number of phenolic OH excluding ortho intramolecular Hbond substituents is 1. The van der Waals surface area contributed by atoms with Crippen molar-refractivity contribution in [3.8, 4) is 5.75 Å². The molecule has 1 amide bonds. The number of likely N-dealkylation sites (N-methyl/N-ethyl adjacent to an activating group) is 1. The number of rotatable bonds is 4. The number of hydrogen-bond acceptors (Lipinski definition) is 4. The second kappa shape index (κ2) is 8.78. The molecule has 2 fully saturated rings. The average molecular weight is 408 g/mol. The first kappa shape index (κ1) is 20.9. The Hall–Kier alpha value is -2.37. The van der Waals surface area contributed by atoms with Gasteiger partial charge in [-0.3, -0.25) is 9.69 Å². The third-order valence-electron chi connectivity index (χ3n) is 6.78. The van der Waals surface area contributed by atoms with E-state index in [1.54, 1.807) is 6.07 Å². The minimum atomic E-state index is -0.0479. The van der Waals surface area contributed by atoms with Gasteiger partial charge in [-0.1, -0.05) is 30.3 Å². The minimum Gasteiger partial charge on any atom is -0.508 e. The average Bonchev–Trinajstić information content (AvgIpc) is 3.28. The molecule has 3 atom stereocenters. The molecule has 2 aromatic rings. The SMILES string of the molecule is C[C@H]1CN([C@@H](c2ccc(C(=O)N3CCCC3)cc2)c2ccccc2O)[C@@H](C)CN1C. The summed E-state index contributed by atoms with van der Waals surface area (Å²) in [4.78, 5) is 19.6. The zero-order valence-corrected chi connectivity index (χ0v) is 18.3. The summed E-state index contributed by atoms with van der Waals surface area (Å²) in [6, 6.07) is 16.4. The number of likely N-dealkylation sites (tertiary alicyclic amines) is 1. The van der Waals surface area contributed by atoms with Crippen LogP contribution in [0.4, 0.5) is 0 Å². The summed E-state index contributed by atoms with van der Waals surface area (Å²) in [6.45, 7) is 8.12. The summed E-state index contributed by atoms with van der Waals surface area (Å²) in [5.41, 5.74) is 2.77. The molecule has 4 rings (SSSR count). The smallest absolute Gasteiger partial charge is 0.253 e. The van der Waals surface area contributed by atoms with Gasteiger partial charge < -0.3 is 14.9 Å². The highest BCUT2D eigenvalue weighted by Crippen LogP contribution is 2.37. The number of hydrogen-bond donors (Lipinski definition) is 1. The van der Waals surface area contributed by atoms with E-state index in [4.69, 9.17) is 0 Å². The predicted octanol–water partition coefficient (Wildman–Crippen LogP) is 3.74. The second-order valence-electron chi connectivity index (χ2n) is 8.92. The van der Waals surface area contributed by atoms with Crippen molar-refractivity contribution < 1.29 is 9.90 Å². The maximum atomic E-state index is 12.8. The van der Waals surface area contributed by atoms with Crippen LogP contribution in [-0.4, -0.2) is 71.0 Å². The van der Waals surface area contributed by atoms with Gasteiger partial charge in [-0.2, -0.15) is 0 Å². The van der Waals surface area contributed by atoms with Crippen LogP contribution < -0.4 is 0 Å². The van der Waals surface area contributed by atoms with Crippen molar-refractivity contribution in [2.75, 3.05) is 33.2 Å². The van der Waals surface area contributed by atoms with E-state index in [0.717, 1.165) is 55.7 Å². The molecule has 2 aliphatic heterocycles. The molecule has 1 N–H and O–H groups in total. The first-order valence-electron chi connectivity index (χ1n) is 11.1. The number of para-hydroxylation sites is 1. The second-order valence-corrected chi connectivity index (χ2v) is 8.92. The van der Waals surface area contributed by atoms with Gasteiger partial charge in [0.05, 0.1) is 6.04 Å². The van der Waals surface area contributed by atoms with Gasteiger partial charge in [-0.15, -0.1) is 0 Å². The van der Waals surface area contributed by atoms with Crippen molar-refractivity contribution >= 4 is 5.91 Å². The van der Waals surface area contributed by atoms with Crippen LogP contribution in [0.1, 0.15) is 54.2 Å². The number of carbonyl (C=O) groups is 1. The number of carbonyl (C=O) groups excluding carboxylic acids is 1. The molecule has 2 saturated heterocycles.